The molecule has 0 spiro atoms. The van der Waals surface area contributed by atoms with E-state index in [0.29, 0.717) is 11.4 Å². The lowest BCUT2D eigenvalue weighted by Gasteiger charge is -2.35. The van der Waals surface area contributed by atoms with Gasteiger partial charge in [0.2, 0.25) is 5.91 Å². The van der Waals surface area contributed by atoms with E-state index in [-0.39, 0.29) is 11.7 Å². The molecule has 4 nitrogen and oxygen atoms in total. The van der Waals surface area contributed by atoms with Crippen molar-refractivity contribution >= 4 is 23.2 Å². The standard InChI is InChI=1S/C22H25ClFN3O/c23-20-15-19(24)6-5-18(20)16-26-13-11-25(12-14-26)9-8-22(28)27-10-7-17-3-1-2-4-21(17)27/h1-6,15H,7-14,16H2. The molecule has 0 atom stereocenters. The number of amides is 1. The molecule has 0 saturated carbocycles. The molecule has 2 aromatic carbocycles. The van der Waals surface area contributed by atoms with Gasteiger partial charge in [0.25, 0.3) is 0 Å². The average molecular weight is 402 g/mol. The number of hydrogen-bond donors (Lipinski definition) is 0. The molecule has 1 fully saturated rings. The molecule has 0 aromatic heterocycles. The highest BCUT2D eigenvalue weighted by molar-refractivity contribution is 6.31. The van der Waals surface area contributed by atoms with Crippen LogP contribution in [0.5, 0.6) is 0 Å². The van der Waals surface area contributed by atoms with Crippen LogP contribution in [-0.2, 0) is 17.8 Å². The summed E-state index contributed by atoms with van der Waals surface area (Å²) >= 11 is 6.14. The van der Waals surface area contributed by atoms with Crippen LogP contribution in [0, 0.1) is 5.82 Å². The Bertz CT molecular complexity index is 851. The zero-order valence-corrected chi connectivity index (χ0v) is 16.7. The van der Waals surface area contributed by atoms with E-state index in [4.69, 9.17) is 11.6 Å². The summed E-state index contributed by atoms with van der Waals surface area (Å²) < 4.78 is 13.2. The fourth-order valence-electron chi connectivity index (χ4n) is 4.05. The van der Waals surface area contributed by atoms with Gasteiger partial charge in [0.1, 0.15) is 5.82 Å². The molecule has 2 aromatic rings. The zero-order chi connectivity index (χ0) is 19.5. The van der Waals surface area contributed by atoms with Gasteiger partial charge < -0.3 is 9.80 Å². The molecule has 0 radical (unpaired) electrons. The molecule has 0 bridgehead atoms. The van der Waals surface area contributed by atoms with E-state index in [1.54, 1.807) is 6.07 Å². The van der Waals surface area contributed by atoms with Crippen LogP contribution in [0.4, 0.5) is 10.1 Å². The van der Waals surface area contributed by atoms with Crippen LogP contribution in [0.25, 0.3) is 0 Å². The fourth-order valence-corrected chi connectivity index (χ4v) is 4.27. The lowest BCUT2D eigenvalue weighted by molar-refractivity contribution is -0.118. The number of carbonyl (C=O) groups is 1. The summed E-state index contributed by atoms with van der Waals surface area (Å²) in [5.41, 5.74) is 3.30. The maximum Gasteiger partial charge on any atom is 0.228 e. The van der Waals surface area contributed by atoms with E-state index in [1.165, 1.54) is 17.7 Å². The summed E-state index contributed by atoms with van der Waals surface area (Å²) in [5, 5.41) is 0.485. The summed E-state index contributed by atoms with van der Waals surface area (Å²) in [6, 6.07) is 12.8. The average Bonchev–Trinajstić information content (AvgIpc) is 3.13. The summed E-state index contributed by atoms with van der Waals surface area (Å²) in [7, 11) is 0. The van der Waals surface area contributed by atoms with E-state index < -0.39 is 0 Å². The van der Waals surface area contributed by atoms with Crippen molar-refractivity contribution in [3.8, 4) is 0 Å². The second-order valence-corrected chi connectivity index (χ2v) is 7.93. The first kappa shape index (κ1) is 19.4. The SMILES string of the molecule is O=C(CCN1CCN(Cc2ccc(F)cc2Cl)CC1)N1CCc2ccccc21. The molecule has 0 N–H and O–H groups in total. The van der Waals surface area contributed by atoms with Crippen LogP contribution in [0.15, 0.2) is 42.5 Å². The number of benzene rings is 2. The van der Waals surface area contributed by atoms with Crippen LogP contribution in [0.1, 0.15) is 17.5 Å². The Balaban J connectivity index is 1.23. The first-order valence-electron chi connectivity index (χ1n) is 9.87. The summed E-state index contributed by atoms with van der Waals surface area (Å²) in [6.07, 6.45) is 1.50. The predicted molar refractivity (Wildman–Crippen MR) is 110 cm³/mol. The van der Waals surface area contributed by atoms with Gasteiger partial charge in [0, 0.05) is 62.9 Å². The molecule has 0 unspecified atom stereocenters. The number of halogens is 2. The molecule has 2 aliphatic rings. The van der Waals surface area contributed by atoms with Gasteiger partial charge in [-0.1, -0.05) is 35.9 Å². The molecule has 4 rings (SSSR count). The zero-order valence-electron chi connectivity index (χ0n) is 15.9. The Hall–Kier alpha value is -1.95. The quantitative estimate of drug-likeness (QED) is 0.766. The number of fused-ring (bicyclic) bond motifs is 1. The van der Waals surface area contributed by atoms with Gasteiger partial charge in [0.05, 0.1) is 0 Å². The Morgan fingerprint density at radius 1 is 1.00 bits per heavy atom. The van der Waals surface area contributed by atoms with Crippen molar-refractivity contribution in [3.63, 3.8) is 0 Å². The number of carbonyl (C=O) groups excluding carboxylic acids is 1. The van der Waals surface area contributed by atoms with Crippen LogP contribution >= 0.6 is 11.6 Å². The van der Waals surface area contributed by atoms with Gasteiger partial charge in [-0.15, -0.1) is 0 Å². The Morgan fingerprint density at radius 2 is 1.75 bits per heavy atom. The highest BCUT2D eigenvalue weighted by atomic mass is 35.5. The van der Waals surface area contributed by atoms with Crippen molar-refractivity contribution in [1.82, 2.24) is 9.80 Å². The Morgan fingerprint density at radius 3 is 2.54 bits per heavy atom. The maximum atomic E-state index is 13.2. The van der Waals surface area contributed by atoms with Crippen LogP contribution in [0.3, 0.4) is 0 Å². The number of para-hydroxylation sites is 1. The number of anilines is 1. The third kappa shape index (κ3) is 4.37. The van der Waals surface area contributed by atoms with Crippen LogP contribution in [0.2, 0.25) is 5.02 Å². The third-order valence-corrected chi connectivity index (χ3v) is 6.06. The second-order valence-electron chi connectivity index (χ2n) is 7.53. The van der Waals surface area contributed by atoms with Crippen molar-refractivity contribution in [2.24, 2.45) is 0 Å². The van der Waals surface area contributed by atoms with Crippen molar-refractivity contribution in [2.75, 3.05) is 44.2 Å². The molecule has 6 heteroatoms. The van der Waals surface area contributed by atoms with Crippen molar-refractivity contribution in [2.45, 2.75) is 19.4 Å². The smallest absolute Gasteiger partial charge is 0.228 e. The lowest BCUT2D eigenvalue weighted by atomic mass is 10.2. The molecule has 1 saturated heterocycles. The van der Waals surface area contributed by atoms with E-state index in [1.807, 2.05) is 23.1 Å². The minimum atomic E-state index is -0.302. The summed E-state index contributed by atoms with van der Waals surface area (Å²) in [5.74, 6) is -0.0886. The van der Waals surface area contributed by atoms with Crippen molar-refractivity contribution in [3.05, 3.63) is 64.4 Å². The molecule has 2 heterocycles. The van der Waals surface area contributed by atoms with E-state index in [2.05, 4.69) is 15.9 Å². The molecule has 2 aliphatic heterocycles. The second kappa shape index (κ2) is 8.60. The number of hydrogen-bond acceptors (Lipinski definition) is 3. The number of rotatable bonds is 5. The minimum absolute atomic E-state index is 0.213. The number of piperazine rings is 1. The van der Waals surface area contributed by atoms with Crippen molar-refractivity contribution < 1.29 is 9.18 Å². The fraction of sp³-hybridized carbons (Fsp3) is 0.409. The van der Waals surface area contributed by atoms with Gasteiger partial charge >= 0.3 is 0 Å². The Kier molecular flexibility index (Phi) is 5.95. The van der Waals surface area contributed by atoms with Gasteiger partial charge in [-0.25, -0.2) is 4.39 Å². The molecule has 0 aliphatic carbocycles. The molecule has 148 valence electrons. The molecular weight excluding hydrogens is 377 g/mol. The lowest BCUT2D eigenvalue weighted by Crippen LogP contribution is -2.47. The first-order valence-corrected chi connectivity index (χ1v) is 10.2. The Labute approximate surface area is 170 Å². The highest BCUT2D eigenvalue weighted by Gasteiger charge is 2.25. The van der Waals surface area contributed by atoms with Crippen molar-refractivity contribution in [1.29, 1.82) is 0 Å². The van der Waals surface area contributed by atoms with Gasteiger partial charge in [0.15, 0.2) is 0 Å². The third-order valence-electron chi connectivity index (χ3n) is 5.70. The minimum Gasteiger partial charge on any atom is -0.312 e. The molecule has 28 heavy (non-hydrogen) atoms. The van der Waals surface area contributed by atoms with E-state index >= 15 is 0 Å². The van der Waals surface area contributed by atoms with Gasteiger partial charge in [-0.05, 0) is 35.7 Å². The highest BCUT2D eigenvalue weighted by Crippen LogP contribution is 2.28. The normalized spacial score (nSPS) is 17.7. The van der Waals surface area contributed by atoms with E-state index in [0.717, 1.165) is 63.5 Å². The van der Waals surface area contributed by atoms with Gasteiger partial charge in [-0.3, -0.25) is 9.69 Å². The predicted octanol–water partition coefficient (Wildman–Crippen LogP) is 3.58. The topological polar surface area (TPSA) is 26.8 Å². The molecule has 1 amide bonds. The van der Waals surface area contributed by atoms with Crippen LogP contribution < -0.4 is 4.90 Å². The monoisotopic (exact) mass is 401 g/mol. The summed E-state index contributed by atoms with van der Waals surface area (Å²) in [4.78, 5) is 19.3. The first-order chi connectivity index (χ1) is 13.6. The molecular formula is C22H25ClFN3O. The van der Waals surface area contributed by atoms with Gasteiger partial charge in [-0.2, -0.15) is 0 Å². The van der Waals surface area contributed by atoms with E-state index in [9.17, 15) is 9.18 Å². The largest absolute Gasteiger partial charge is 0.312 e. The summed E-state index contributed by atoms with van der Waals surface area (Å²) in [6.45, 7) is 6.04. The maximum absolute atomic E-state index is 13.2. The van der Waals surface area contributed by atoms with Crippen LogP contribution in [-0.4, -0.2) is 55.0 Å². The number of nitrogens with zero attached hydrogens (tertiary/aromatic N) is 3.